The zero-order valence-electron chi connectivity index (χ0n) is 7.25. The number of para-hydroxylation sites is 1. The van der Waals surface area contributed by atoms with Crippen LogP contribution in [0.15, 0.2) is 18.2 Å². The highest BCUT2D eigenvalue weighted by Gasteiger charge is 2.12. The lowest BCUT2D eigenvalue weighted by Crippen LogP contribution is -2.16. The van der Waals surface area contributed by atoms with Crippen molar-refractivity contribution < 1.29 is 0 Å². The average molecular weight is 172 g/mol. The molecule has 2 aromatic rings. The van der Waals surface area contributed by atoms with Crippen molar-refractivity contribution in [2.24, 2.45) is 0 Å². The Morgan fingerprint density at radius 3 is 3.54 bits per heavy atom. The number of nitrogens with zero attached hydrogens (tertiary/aromatic N) is 2. The molecular weight excluding hydrogens is 162 g/mol. The van der Waals surface area contributed by atoms with Gasteiger partial charge in [-0.3, -0.25) is 0 Å². The molecule has 0 spiro atoms. The molecule has 3 heteroatoms. The second-order valence-corrected chi connectivity index (χ2v) is 3.27. The summed E-state index contributed by atoms with van der Waals surface area (Å²) in [5, 5.41) is 3.28. The molecule has 0 amide bonds. The van der Waals surface area contributed by atoms with Gasteiger partial charge in [-0.25, -0.2) is 4.98 Å². The van der Waals surface area contributed by atoms with E-state index in [1.54, 1.807) is 0 Å². The van der Waals surface area contributed by atoms with Crippen molar-refractivity contribution in [3.05, 3.63) is 24.3 Å². The Kier molecular flexibility index (Phi) is 1.33. The van der Waals surface area contributed by atoms with Crippen molar-refractivity contribution in [3.8, 4) is 0 Å². The standard InChI is InChI=1S/C10H10N3/c1-2-5-9-8(4-1)12-10-11-6-3-7-13(9)10/h1-2,5H,3,6-7H2,(H,11,12). The molecule has 1 aromatic carbocycles. The molecule has 0 fully saturated rings. The molecule has 0 saturated heterocycles. The molecule has 65 valence electrons. The number of rotatable bonds is 0. The number of aryl methyl sites for hydroxylation is 1. The summed E-state index contributed by atoms with van der Waals surface area (Å²) < 4.78 is 2.22. The molecule has 1 aliphatic heterocycles. The fourth-order valence-corrected chi connectivity index (χ4v) is 1.81. The van der Waals surface area contributed by atoms with Crippen LogP contribution in [0, 0.1) is 6.07 Å². The first-order valence-corrected chi connectivity index (χ1v) is 4.56. The van der Waals surface area contributed by atoms with E-state index in [4.69, 9.17) is 0 Å². The first kappa shape index (κ1) is 6.95. The van der Waals surface area contributed by atoms with Crippen LogP contribution in [-0.2, 0) is 6.54 Å². The van der Waals surface area contributed by atoms with Gasteiger partial charge in [-0.2, -0.15) is 0 Å². The number of benzene rings is 1. The van der Waals surface area contributed by atoms with E-state index in [0.29, 0.717) is 0 Å². The molecule has 3 nitrogen and oxygen atoms in total. The minimum Gasteiger partial charge on any atom is -0.356 e. The molecule has 0 aliphatic carbocycles. The highest BCUT2D eigenvalue weighted by molar-refractivity contribution is 5.78. The normalized spacial score (nSPS) is 15.4. The van der Waals surface area contributed by atoms with Crippen LogP contribution in [-0.4, -0.2) is 16.1 Å². The van der Waals surface area contributed by atoms with Gasteiger partial charge in [-0.05, 0) is 12.5 Å². The molecule has 1 N–H and O–H groups in total. The Bertz CT molecular complexity index is 444. The van der Waals surface area contributed by atoms with E-state index < -0.39 is 0 Å². The van der Waals surface area contributed by atoms with Gasteiger partial charge in [0.1, 0.15) is 0 Å². The summed E-state index contributed by atoms with van der Waals surface area (Å²) in [6.07, 6.45) is 1.17. The van der Waals surface area contributed by atoms with Crippen LogP contribution in [0.5, 0.6) is 0 Å². The molecule has 0 atom stereocenters. The predicted octanol–water partition coefficient (Wildman–Crippen LogP) is 1.65. The Morgan fingerprint density at radius 2 is 2.54 bits per heavy atom. The Hall–Kier alpha value is -1.51. The average Bonchev–Trinajstić information content (AvgIpc) is 2.56. The first-order chi connectivity index (χ1) is 6.45. The molecule has 3 rings (SSSR count). The summed E-state index contributed by atoms with van der Waals surface area (Å²) in [4.78, 5) is 4.45. The highest BCUT2D eigenvalue weighted by Crippen LogP contribution is 2.21. The SMILES string of the molecule is [c]1cccc2c1nc1n2CCCN1. The van der Waals surface area contributed by atoms with E-state index in [2.05, 4.69) is 27.0 Å². The monoisotopic (exact) mass is 172 g/mol. The maximum Gasteiger partial charge on any atom is 0.203 e. The summed E-state index contributed by atoms with van der Waals surface area (Å²) in [7, 11) is 0. The smallest absolute Gasteiger partial charge is 0.203 e. The van der Waals surface area contributed by atoms with E-state index in [1.807, 2.05) is 12.1 Å². The van der Waals surface area contributed by atoms with Crippen molar-refractivity contribution >= 4 is 17.0 Å². The van der Waals surface area contributed by atoms with Crippen molar-refractivity contribution in [2.75, 3.05) is 11.9 Å². The van der Waals surface area contributed by atoms with E-state index >= 15 is 0 Å². The zero-order valence-corrected chi connectivity index (χ0v) is 7.25. The topological polar surface area (TPSA) is 29.9 Å². The predicted molar refractivity (Wildman–Crippen MR) is 51.7 cm³/mol. The van der Waals surface area contributed by atoms with Crippen LogP contribution in [0.3, 0.4) is 0 Å². The largest absolute Gasteiger partial charge is 0.356 e. The second kappa shape index (κ2) is 2.49. The van der Waals surface area contributed by atoms with Gasteiger partial charge in [0.05, 0.1) is 11.0 Å². The van der Waals surface area contributed by atoms with Crippen LogP contribution in [0.4, 0.5) is 5.95 Å². The number of nitrogens with one attached hydrogen (secondary N) is 1. The number of imidazole rings is 1. The quantitative estimate of drug-likeness (QED) is 0.654. The van der Waals surface area contributed by atoms with Gasteiger partial charge >= 0.3 is 0 Å². The molecule has 1 radical (unpaired) electrons. The summed E-state index contributed by atoms with van der Waals surface area (Å²) in [5.74, 6) is 0.990. The Balaban J connectivity index is 2.34. The van der Waals surface area contributed by atoms with Gasteiger partial charge in [0.25, 0.3) is 0 Å². The van der Waals surface area contributed by atoms with Crippen LogP contribution in [0.1, 0.15) is 6.42 Å². The van der Waals surface area contributed by atoms with Crippen LogP contribution < -0.4 is 5.32 Å². The summed E-state index contributed by atoms with van der Waals surface area (Å²) in [6, 6.07) is 9.14. The molecule has 0 unspecified atom stereocenters. The lowest BCUT2D eigenvalue weighted by molar-refractivity contribution is 0.642. The maximum atomic E-state index is 4.45. The van der Waals surface area contributed by atoms with Gasteiger partial charge in [-0.15, -0.1) is 0 Å². The summed E-state index contributed by atoms with van der Waals surface area (Å²) in [6.45, 7) is 2.10. The van der Waals surface area contributed by atoms with Crippen molar-refractivity contribution in [2.45, 2.75) is 13.0 Å². The fourth-order valence-electron chi connectivity index (χ4n) is 1.81. The molecule has 1 aromatic heterocycles. The summed E-state index contributed by atoms with van der Waals surface area (Å²) >= 11 is 0. The Morgan fingerprint density at radius 1 is 1.54 bits per heavy atom. The first-order valence-electron chi connectivity index (χ1n) is 4.56. The van der Waals surface area contributed by atoms with E-state index in [1.165, 1.54) is 11.9 Å². The van der Waals surface area contributed by atoms with Crippen LogP contribution in [0.25, 0.3) is 11.0 Å². The minimum absolute atomic E-state index is 0.965. The molecule has 0 saturated carbocycles. The zero-order chi connectivity index (χ0) is 8.67. The van der Waals surface area contributed by atoms with Crippen LogP contribution in [0.2, 0.25) is 0 Å². The van der Waals surface area contributed by atoms with Gasteiger partial charge in [-0.1, -0.05) is 12.1 Å². The second-order valence-electron chi connectivity index (χ2n) is 3.27. The number of anilines is 1. The highest BCUT2D eigenvalue weighted by atomic mass is 15.2. The minimum atomic E-state index is 0.965. The lowest BCUT2D eigenvalue weighted by Gasteiger charge is -2.15. The van der Waals surface area contributed by atoms with Crippen molar-refractivity contribution in [1.29, 1.82) is 0 Å². The molecule has 13 heavy (non-hydrogen) atoms. The lowest BCUT2D eigenvalue weighted by atomic mass is 10.3. The molecular formula is C10H10N3. The molecule has 2 heterocycles. The van der Waals surface area contributed by atoms with E-state index in [0.717, 1.165) is 24.6 Å². The third-order valence-electron chi connectivity index (χ3n) is 2.42. The third kappa shape index (κ3) is 0.932. The van der Waals surface area contributed by atoms with Crippen LogP contribution >= 0.6 is 0 Å². The number of hydrogen-bond donors (Lipinski definition) is 1. The summed E-state index contributed by atoms with van der Waals surface area (Å²) in [5.41, 5.74) is 2.15. The maximum absolute atomic E-state index is 4.45. The Labute approximate surface area is 76.4 Å². The third-order valence-corrected chi connectivity index (χ3v) is 2.42. The van der Waals surface area contributed by atoms with E-state index in [-0.39, 0.29) is 0 Å². The number of hydrogen-bond acceptors (Lipinski definition) is 2. The van der Waals surface area contributed by atoms with Crippen molar-refractivity contribution in [3.63, 3.8) is 0 Å². The number of fused-ring (bicyclic) bond motifs is 3. The van der Waals surface area contributed by atoms with E-state index in [9.17, 15) is 0 Å². The fraction of sp³-hybridized carbons (Fsp3) is 0.300. The molecule has 0 bridgehead atoms. The van der Waals surface area contributed by atoms with Gasteiger partial charge in [0, 0.05) is 19.2 Å². The van der Waals surface area contributed by atoms with Crippen molar-refractivity contribution in [1.82, 2.24) is 9.55 Å². The van der Waals surface area contributed by atoms with Gasteiger partial charge in [0.15, 0.2) is 0 Å². The van der Waals surface area contributed by atoms with Gasteiger partial charge in [0.2, 0.25) is 5.95 Å². The van der Waals surface area contributed by atoms with Gasteiger partial charge < -0.3 is 9.88 Å². The number of aromatic nitrogens is 2. The molecule has 1 aliphatic rings.